The van der Waals surface area contributed by atoms with Crippen molar-refractivity contribution in [2.24, 2.45) is 0 Å². The molecule has 4 aliphatic rings. The van der Waals surface area contributed by atoms with E-state index in [4.69, 9.17) is 47.4 Å². The Bertz CT molecular complexity index is 2920. The molecule has 7 aromatic rings. The molecule has 4 heterocycles. The summed E-state index contributed by atoms with van der Waals surface area (Å²) in [7, 11) is 0. The van der Waals surface area contributed by atoms with Crippen molar-refractivity contribution in [2.45, 2.75) is 108 Å². The average Bonchev–Trinajstić information content (AvgIpc) is 3.83. The summed E-state index contributed by atoms with van der Waals surface area (Å²) >= 11 is 0. The zero-order valence-corrected chi connectivity index (χ0v) is 42.2. The van der Waals surface area contributed by atoms with Crippen molar-refractivity contribution in [3.8, 4) is 0 Å². The number of nitrogens with zero attached hydrogens (tertiary/aromatic N) is 1. The lowest BCUT2D eigenvalue weighted by atomic mass is 9.93. The molecule has 3 saturated heterocycles. The Morgan fingerprint density at radius 2 is 0.934 bits per heavy atom. The smallest absolute Gasteiger partial charge is 0.262 e. The molecule has 0 aromatic heterocycles. The zero-order valence-electron chi connectivity index (χ0n) is 42.2. The first-order valence-electron chi connectivity index (χ1n) is 25.9. The largest absolute Gasteiger partial charge is 0.374 e. The highest BCUT2D eigenvalue weighted by atomic mass is 16.8. The van der Waals surface area contributed by atoms with Crippen LogP contribution < -0.4 is 0 Å². The molecule has 11 atom stereocenters. The van der Waals surface area contributed by atoms with Crippen LogP contribution in [0.2, 0.25) is 0 Å². The third-order valence-electron chi connectivity index (χ3n) is 14.2. The van der Waals surface area contributed by atoms with Crippen LogP contribution in [0.1, 0.15) is 66.0 Å². The number of aryl methyl sites for hydroxylation is 1. The van der Waals surface area contributed by atoms with Crippen LogP contribution in [-0.4, -0.2) is 91.3 Å². The topological polar surface area (TPSA) is 130 Å². The van der Waals surface area contributed by atoms with Crippen molar-refractivity contribution < 1.29 is 57.0 Å². The highest BCUT2D eigenvalue weighted by molar-refractivity contribution is 6.21. The Morgan fingerprint density at radius 3 is 1.50 bits per heavy atom. The first-order valence-corrected chi connectivity index (χ1v) is 25.9. The van der Waals surface area contributed by atoms with Gasteiger partial charge in [-0.25, -0.2) is 0 Å². The Balaban J connectivity index is 1.01. The molecule has 0 radical (unpaired) electrons. The number of imide groups is 1. The molecule has 390 valence electrons. The molecule has 76 heavy (non-hydrogen) atoms. The summed E-state index contributed by atoms with van der Waals surface area (Å²) in [6, 6.07) is 62.6. The molecule has 2 amide bonds. The van der Waals surface area contributed by atoms with E-state index in [1.54, 1.807) is 24.3 Å². The quantitative estimate of drug-likeness (QED) is 0.0674. The third-order valence-corrected chi connectivity index (χ3v) is 14.2. The number of carbonyl (C=O) groups is 2. The first kappa shape index (κ1) is 51.4. The monoisotopic (exact) mass is 1020 g/mol. The lowest BCUT2D eigenvalue weighted by molar-refractivity contribution is -0.393. The van der Waals surface area contributed by atoms with E-state index in [1.807, 2.05) is 171 Å². The van der Waals surface area contributed by atoms with Gasteiger partial charge in [-0.2, -0.15) is 0 Å². The van der Waals surface area contributed by atoms with Gasteiger partial charge in [0.15, 0.2) is 18.9 Å². The van der Waals surface area contributed by atoms with Gasteiger partial charge in [-0.3, -0.25) is 14.5 Å². The van der Waals surface area contributed by atoms with Gasteiger partial charge in [-0.1, -0.05) is 194 Å². The molecule has 4 aliphatic heterocycles. The van der Waals surface area contributed by atoms with E-state index in [2.05, 4.69) is 12.1 Å². The van der Waals surface area contributed by atoms with Gasteiger partial charge in [-0.05, 0) is 46.9 Å². The summed E-state index contributed by atoms with van der Waals surface area (Å²) in [6.07, 6.45) is -9.47. The highest BCUT2D eigenvalue weighted by Gasteiger charge is 2.59. The molecule has 0 spiro atoms. The van der Waals surface area contributed by atoms with E-state index < -0.39 is 79.5 Å². The Labute approximate surface area is 443 Å². The molecule has 7 aromatic carbocycles. The number of carbonyl (C=O) groups excluding carboxylic acids is 2. The minimum atomic E-state index is -1.23. The molecule has 0 bridgehead atoms. The van der Waals surface area contributed by atoms with Crippen LogP contribution >= 0.6 is 0 Å². The van der Waals surface area contributed by atoms with Gasteiger partial charge in [0, 0.05) is 5.56 Å². The molecular formula is C63H61NO12. The molecule has 0 saturated carbocycles. The van der Waals surface area contributed by atoms with Crippen molar-refractivity contribution in [1.29, 1.82) is 0 Å². The molecule has 13 heteroatoms. The third kappa shape index (κ3) is 11.9. The van der Waals surface area contributed by atoms with Crippen molar-refractivity contribution in [3.05, 3.63) is 250 Å². The van der Waals surface area contributed by atoms with E-state index in [1.165, 1.54) is 4.90 Å². The fourth-order valence-corrected chi connectivity index (χ4v) is 10.3. The minimum absolute atomic E-state index is 0.0164. The van der Waals surface area contributed by atoms with Crippen LogP contribution in [-0.2, 0) is 80.4 Å². The Kier molecular flexibility index (Phi) is 16.6. The van der Waals surface area contributed by atoms with Gasteiger partial charge in [0.05, 0.1) is 57.4 Å². The average molecular weight is 1020 g/mol. The molecule has 1 unspecified atom stereocenters. The maximum absolute atomic E-state index is 14.8. The lowest BCUT2D eigenvalue weighted by Gasteiger charge is -2.52. The predicted molar refractivity (Wildman–Crippen MR) is 280 cm³/mol. The number of hydrogen-bond acceptors (Lipinski definition) is 12. The van der Waals surface area contributed by atoms with E-state index in [9.17, 15) is 9.59 Å². The summed E-state index contributed by atoms with van der Waals surface area (Å²) in [4.78, 5) is 30.9. The Hall–Kier alpha value is -6.72. The van der Waals surface area contributed by atoms with Gasteiger partial charge in [0.2, 0.25) is 0 Å². The molecular weight excluding hydrogens is 963 g/mol. The van der Waals surface area contributed by atoms with Gasteiger partial charge in [0.25, 0.3) is 11.8 Å². The minimum Gasteiger partial charge on any atom is -0.374 e. The van der Waals surface area contributed by atoms with E-state index in [-0.39, 0.29) is 57.4 Å². The van der Waals surface area contributed by atoms with Gasteiger partial charge in [0.1, 0.15) is 48.8 Å². The first-order chi connectivity index (χ1) is 37.4. The van der Waals surface area contributed by atoms with E-state index in [0.717, 1.165) is 38.9 Å². The number of rotatable bonds is 20. The number of fused-ring (bicyclic) bond motifs is 2. The fourth-order valence-electron chi connectivity index (χ4n) is 10.3. The van der Waals surface area contributed by atoms with Crippen LogP contribution in [0.4, 0.5) is 0 Å². The summed E-state index contributed by atoms with van der Waals surface area (Å²) in [5, 5.41) is 0. The van der Waals surface area contributed by atoms with E-state index in [0.29, 0.717) is 0 Å². The van der Waals surface area contributed by atoms with Crippen LogP contribution in [0.3, 0.4) is 0 Å². The van der Waals surface area contributed by atoms with Crippen molar-refractivity contribution >= 4 is 11.8 Å². The SMILES string of the molecule is Cc1ccc(CO[C@@H]2[C@H](OCc3ccccc3)[C@H](O[C@H]3[C@H](OCc4ccccc4)[C@@H](N4C(=O)c5ccccc5C4=O)[C@H](OCc4ccccc4)O[C@@H]3COCc3ccccc3)O[C@@H]3COC(c4ccccc4)O[C@@H]23)cc1. The fraction of sp³-hybridized carbons (Fsp3) is 0.302. The van der Waals surface area contributed by atoms with Crippen molar-refractivity contribution in [1.82, 2.24) is 4.90 Å². The molecule has 0 aliphatic carbocycles. The predicted octanol–water partition coefficient (Wildman–Crippen LogP) is 10.1. The molecule has 13 nitrogen and oxygen atoms in total. The summed E-state index contributed by atoms with van der Waals surface area (Å²) in [6.45, 7) is 2.96. The maximum Gasteiger partial charge on any atom is 0.262 e. The van der Waals surface area contributed by atoms with Crippen LogP contribution in [0.5, 0.6) is 0 Å². The number of benzene rings is 7. The molecule has 11 rings (SSSR count). The van der Waals surface area contributed by atoms with E-state index >= 15 is 0 Å². The van der Waals surface area contributed by atoms with Crippen molar-refractivity contribution in [2.75, 3.05) is 13.2 Å². The second kappa shape index (κ2) is 24.5. The van der Waals surface area contributed by atoms with Crippen molar-refractivity contribution in [3.63, 3.8) is 0 Å². The normalized spacial score (nSPS) is 26.2. The molecule has 3 fully saturated rings. The van der Waals surface area contributed by atoms with Crippen LogP contribution in [0.15, 0.2) is 200 Å². The van der Waals surface area contributed by atoms with Crippen LogP contribution in [0.25, 0.3) is 0 Å². The van der Waals surface area contributed by atoms with Crippen LogP contribution in [0, 0.1) is 6.92 Å². The Morgan fingerprint density at radius 1 is 0.461 bits per heavy atom. The summed E-state index contributed by atoms with van der Waals surface area (Å²) in [5.74, 6) is -1.02. The highest BCUT2D eigenvalue weighted by Crippen LogP contribution is 2.41. The number of ether oxygens (including phenoxy) is 10. The number of amides is 2. The zero-order chi connectivity index (χ0) is 51.6. The van der Waals surface area contributed by atoms with Gasteiger partial charge in [-0.15, -0.1) is 0 Å². The lowest BCUT2D eigenvalue weighted by Crippen LogP contribution is -2.69. The van der Waals surface area contributed by atoms with Gasteiger partial charge < -0.3 is 47.4 Å². The maximum atomic E-state index is 14.8. The standard InChI is InChI=1S/C63H61NO12/c1-42-31-33-47(34-32-42)38-69-57-55-52(41-72-61(75-55)48-27-15-6-16-28-48)74-63(58(57)70-37-45-23-11-4-12-24-45)76-54-51(40-67-35-43-19-7-2-8-20-43)73-62(71-39-46-25-13-5-14-26-46)53(56(54)68-36-44-21-9-3-10-22-44)64-59(65)49-29-17-18-30-50(49)60(64)66/h2-34,51-58,61-63H,35-41H2,1H3/t51-,52-,53-,54-,55-,56-,57+,58+,61?,62-,63+/m1/s1. The summed E-state index contributed by atoms with van der Waals surface area (Å²) < 4.78 is 69.5. The second-order valence-corrected chi connectivity index (χ2v) is 19.5. The summed E-state index contributed by atoms with van der Waals surface area (Å²) in [5.41, 5.74) is 7.02. The number of hydrogen-bond donors (Lipinski definition) is 0. The second-order valence-electron chi connectivity index (χ2n) is 19.5. The molecule has 0 N–H and O–H groups in total. The van der Waals surface area contributed by atoms with Gasteiger partial charge >= 0.3 is 0 Å².